The molecule has 8 nitrogen and oxygen atoms in total. The third kappa shape index (κ3) is 4.16. The van der Waals surface area contributed by atoms with Gasteiger partial charge in [0.05, 0.1) is 5.69 Å². The van der Waals surface area contributed by atoms with Crippen LogP contribution in [-0.4, -0.2) is 72.4 Å². The molecule has 2 aliphatic heterocycles. The molecule has 2 amide bonds. The Hall–Kier alpha value is -3.75. The molecule has 6 rings (SSSR count). The molecule has 1 atom stereocenters. The molecule has 0 aliphatic carbocycles. The van der Waals surface area contributed by atoms with E-state index >= 15 is 0 Å². The molecule has 1 saturated heterocycles. The number of carbonyl (C=O) groups excluding carboxylic acids is 2. The zero-order valence-corrected chi connectivity index (χ0v) is 21.3. The van der Waals surface area contributed by atoms with Crippen LogP contribution in [0.15, 0.2) is 54.6 Å². The molecule has 1 fully saturated rings. The lowest BCUT2D eigenvalue weighted by atomic mass is 9.95. The Balaban J connectivity index is 1.40. The quantitative estimate of drug-likeness (QED) is 0.305. The number of hydrogen-bond acceptors (Lipinski definition) is 5. The number of hydrogen-bond donors (Lipinski definition) is 2. The second-order valence-electron chi connectivity index (χ2n) is 9.81. The van der Waals surface area contributed by atoms with E-state index in [1.165, 1.54) is 0 Å². The predicted molar refractivity (Wildman–Crippen MR) is 147 cm³/mol. The van der Waals surface area contributed by atoms with Crippen molar-refractivity contribution in [3.8, 4) is 5.75 Å². The number of anilines is 2. The van der Waals surface area contributed by atoms with Crippen LogP contribution < -0.4 is 15.4 Å². The van der Waals surface area contributed by atoms with Crippen LogP contribution in [0.2, 0.25) is 0 Å². The lowest BCUT2D eigenvalue weighted by Crippen LogP contribution is -2.48. The van der Waals surface area contributed by atoms with Gasteiger partial charge in [0.15, 0.2) is 0 Å². The molecule has 0 spiro atoms. The van der Waals surface area contributed by atoms with Gasteiger partial charge in [-0.1, -0.05) is 24.3 Å². The first-order valence-electron chi connectivity index (χ1n) is 12.4. The standard InChI is InChI=1S/C28H28ClN5O3/c1-32-8-10-33(11-9-32)28(36)37-25-14-24-26(21-5-3-2-4-20(21)25)18(15-29)16-34(24)27(35)23-13-17-12-19(30)6-7-22(17)31-23/h2-7,12-14,18,31H,8-11,15-16,30H2,1H3/t18-/m1/s1. The number of H-pyrrole nitrogens is 1. The number of amides is 2. The molecule has 3 heterocycles. The Kier molecular flexibility index (Phi) is 5.93. The number of aromatic nitrogens is 1. The van der Waals surface area contributed by atoms with Gasteiger partial charge >= 0.3 is 6.09 Å². The second-order valence-corrected chi connectivity index (χ2v) is 10.1. The van der Waals surface area contributed by atoms with E-state index in [9.17, 15) is 9.59 Å². The molecule has 3 N–H and O–H groups in total. The number of aromatic amines is 1. The number of likely N-dealkylation sites (N-methyl/N-ethyl adjacent to an activating group) is 1. The molecule has 0 radical (unpaired) electrons. The smallest absolute Gasteiger partial charge is 0.409 e. The van der Waals surface area contributed by atoms with Gasteiger partial charge in [-0.3, -0.25) is 4.79 Å². The number of ether oxygens (including phenoxy) is 1. The number of piperazine rings is 1. The van der Waals surface area contributed by atoms with Crippen LogP contribution in [0.3, 0.4) is 0 Å². The lowest BCUT2D eigenvalue weighted by Gasteiger charge is -2.31. The van der Waals surface area contributed by atoms with Crippen LogP contribution in [-0.2, 0) is 0 Å². The highest BCUT2D eigenvalue weighted by atomic mass is 35.5. The lowest BCUT2D eigenvalue weighted by molar-refractivity contribution is 0.0984. The highest BCUT2D eigenvalue weighted by molar-refractivity contribution is 6.19. The number of halogens is 1. The summed E-state index contributed by atoms with van der Waals surface area (Å²) in [4.78, 5) is 35.7. The number of nitrogens with one attached hydrogen (secondary N) is 1. The monoisotopic (exact) mass is 517 g/mol. The van der Waals surface area contributed by atoms with E-state index < -0.39 is 0 Å². The average molecular weight is 518 g/mol. The van der Waals surface area contributed by atoms with Crippen LogP contribution >= 0.6 is 11.6 Å². The van der Waals surface area contributed by atoms with E-state index in [0.717, 1.165) is 40.3 Å². The largest absolute Gasteiger partial charge is 0.415 e. The van der Waals surface area contributed by atoms with Crippen molar-refractivity contribution in [3.05, 3.63) is 65.9 Å². The first-order valence-corrected chi connectivity index (χ1v) is 12.9. The summed E-state index contributed by atoms with van der Waals surface area (Å²) in [6.07, 6.45) is -0.379. The molecule has 3 aromatic carbocycles. The Bertz CT molecular complexity index is 1530. The molecular formula is C28H28ClN5O3. The van der Waals surface area contributed by atoms with Crippen molar-refractivity contribution in [2.24, 2.45) is 0 Å². The number of alkyl halides is 1. The van der Waals surface area contributed by atoms with Gasteiger partial charge in [-0.25, -0.2) is 4.79 Å². The first-order chi connectivity index (χ1) is 17.9. The highest BCUT2D eigenvalue weighted by Gasteiger charge is 2.36. The predicted octanol–water partition coefficient (Wildman–Crippen LogP) is 4.63. The van der Waals surface area contributed by atoms with Crippen molar-refractivity contribution in [1.82, 2.24) is 14.8 Å². The fourth-order valence-corrected chi connectivity index (χ4v) is 5.63. The van der Waals surface area contributed by atoms with E-state index in [1.807, 2.05) is 55.6 Å². The summed E-state index contributed by atoms with van der Waals surface area (Å²) in [7, 11) is 2.04. The van der Waals surface area contributed by atoms with E-state index in [0.29, 0.717) is 48.3 Å². The van der Waals surface area contributed by atoms with Gasteiger partial charge in [-0.05, 0) is 42.3 Å². The van der Waals surface area contributed by atoms with Gasteiger partial charge in [-0.2, -0.15) is 0 Å². The van der Waals surface area contributed by atoms with Gasteiger partial charge < -0.3 is 30.2 Å². The number of nitrogen functional groups attached to an aromatic ring is 1. The van der Waals surface area contributed by atoms with Crippen LogP contribution in [0, 0.1) is 0 Å². The van der Waals surface area contributed by atoms with Gasteiger partial charge in [0.25, 0.3) is 5.91 Å². The minimum absolute atomic E-state index is 0.0482. The maximum Gasteiger partial charge on any atom is 0.415 e. The summed E-state index contributed by atoms with van der Waals surface area (Å²) in [5.74, 6) is 0.587. The highest BCUT2D eigenvalue weighted by Crippen LogP contribution is 2.46. The third-order valence-electron chi connectivity index (χ3n) is 7.39. The van der Waals surface area contributed by atoms with Crippen molar-refractivity contribution in [1.29, 1.82) is 0 Å². The van der Waals surface area contributed by atoms with Crippen LogP contribution in [0.5, 0.6) is 5.75 Å². The first kappa shape index (κ1) is 23.6. The molecule has 37 heavy (non-hydrogen) atoms. The summed E-state index contributed by atoms with van der Waals surface area (Å²) >= 11 is 6.42. The van der Waals surface area contributed by atoms with Gasteiger partial charge in [0, 0.05) is 72.6 Å². The molecule has 190 valence electrons. The Morgan fingerprint density at radius 3 is 2.57 bits per heavy atom. The number of fused-ring (bicyclic) bond motifs is 4. The van der Waals surface area contributed by atoms with Crippen molar-refractivity contribution in [3.63, 3.8) is 0 Å². The van der Waals surface area contributed by atoms with Crippen LogP contribution in [0.1, 0.15) is 22.0 Å². The number of benzene rings is 3. The second kappa shape index (κ2) is 9.28. The van der Waals surface area contributed by atoms with Crippen LogP contribution in [0.4, 0.5) is 16.2 Å². The van der Waals surface area contributed by atoms with E-state index in [-0.39, 0.29) is 17.9 Å². The maximum atomic E-state index is 13.8. The van der Waals surface area contributed by atoms with E-state index in [4.69, 9.17) is 22.1 Å². The Labute approximate surface area is 219 Å². The van der Waals surface area contributed by atoms with E-state index in [1.54, 1.807) is 15.9 Å². The van der Waals surface area contributed by atoms with Gasteiger partial charge in [0.2, 0.25) is 0 Å². The Morgan fingerprint density at radius 1 is 1.05 bits per heavy atom. The summed E-state index contributed by atoms with van der Waals surface area (Å²) in [5, 5.41) is 2.64. The average Bonchev–Trinajstić information content (AvgIpc) is 3.50. The van der Waals surface area contributed by atoms with E-state index in [2.05, 4.69) is 9.88 Å². The number of rotatable bonds is 3. The summed E-state index contributed by atoms with van der Waals surface area (Å²) in [5.41, 5.74) is 9.58. The number of nitrogens with zero attached hydrogens (tertiary/aromatic N) is 3. The van der Waals surface area contributed by atoms with Crippen molar-refractivity contribution in [2.45, 2.75) is 5.92 Å². The van der Waals surface area contributed by atoms with Crippen molar-refractivity contribution >= 4 is 56.7 Å². The zero-order valence-electron chi connectivity index (χ0n) is 20.5. The number of nitrogens with two attached hydrogens (primary N) is 1. The van der Waals surface area contributed by atoms with Crippen LogP contribution in [0.25, 0.3) is 21.7 Å². The fraction of sp³-hybridized carbons (Fsp3) is 0.286. The minimum Gasteiger partial charge on any atom is -0.409 e. The minimum atomic E-state index is -0.379. The Morgan fingerprint density at radius 2 is 1.81 bits per heavy atom. The maximum absolute atomic E-state index is 13.8. The van der Waals surface area contributed by atoms with Crippen molar-refractivity contribution in [2.75, 3.05) is 56.3 Å². The SMILES string of the molecule is CN1CCN(C(=O)Oc2cc3c(c4ccccc24)[C@H](CCl)CN3C(=O)c2cc3cc(N)ccc3[nH]2)CC1. The number of carbonyl (C=O) groups is 2. The molecule has 0 bridgehead atoms. The fourth-order valence-electron chi connectivity index (χ4n) is 5.37. The summed E-state index contributed by atoms with van der Waals surface area (Å²) in [6, 6.07) is 17.0. The third-order valence-corrected chi connectivity index (χ3v) is 7.77. The topological polar surface area (TPSA) is 94.9 Å². The van der Waals surface area contributed by atoms with Crippen molar-refractivity contribution < 1.29 is 14.3 Å². The molecule has 4 aromatic rings. The van der Waals surface area contributed by atoms with Gasteiger partial charge in [-0.15, -0.1) is 11.6 Å². The molecule has 0 saturated carbocycles. The molecule has 9 heteroatoms. The summed E-state index contributed by atoms with van der Waals surface area (Å²) in [6.45, 7) is 3.27. The summed E-state index contributed by atoms with van der Waals surface area (Å²) < 4.78 is 5.97. The normalized spacial score (nSPS) is 17.9. The molecule has 2 aliphatic rings. The molecule has 1 aromatic heterocycles. The van der Waals surface area contributed by atoms with Gasteiger partial charge in [0.1, 0.15) is 11.4 Å². The molecule has 0 unspecified atom stereocenters. The molecular weight excluding hydrogens is 490 g/mol. The zero-order chi connectivity index (χ0) is 25.7.